The largest absolute Gasteiger partial charge is 0.471 e. The van der Waals surface area contributed by atoms with Gasteiger partial charge in [-0.3, -0.25) is 0 Å². The summed E-state index contributed by atoms with van der Waals surface area (Å²) >= 11 is 0. The fourth-order valence-corrected chi connectivity index (χ4v) is 4.28. The van der Waals surface area contributed by atoms with Crippen LogP contribution in [0, 0.1) is 11.8 Å². The Morgan fingerprint density at radius 2 is 1.84 bits per heavy atom. The summed E-state index contributed by atoms with van der Waals surface area (Å²) in [6, 6.07) is 0. The average molecular weight is 460 g/mol. The van der Waals surface area contributed by atoms with E-state index in [4.69, 9.17) is 23.7 Å². The zero-order chi connectivity index (χ0) is 23.4. The molecule has 3 aliphatic rings. The standard InChI is InChI=1S/C21H32O11/c1-3-4-5-29-12-6-10(7-22)14-15(12)11(19(27)28-2)9-30-20(14)32-21-18(26)17(25)16(24)13(8-23)31-21/h6,9,12-18,20-26H,3-5,7-8H2,1-2H3. The van der Waals surface area contributed by atoms with E-state index in [-0.39, 0.29) is 12.2 Å². The maximum Gasteiger partial charge on any atom is 0.337 e. The van der Waals surface area contributed by atoms with E-state index >= 15 is 0 Å². The number of carbonyl (C=O) groups is 1. The highest BCUT2D eigenvalue weighted by molar-refractivity contribution is 5.89. The fraction of sp³-hybridized carbons (Fsp3) is 0.762. The molecule has 3 rings (SSSR count). The molecule has 11 heteroatoms. The molecular formula is C21H32O11. The molecule has 0 bridgehead atoms. The number of hydrogen-bond acceptors (Lipinski definition) is 11. The summed E-state index contributed by atoms with van der Waals surface area (Å²) in [5.74, 6) is -1.86. The molecule has 32 heavy (non-hydrogen) atoms. The molecule has 182 valence electrons. The number of hydrogen-bond donors (Lipinski definition) is 5. The molecule has 5 N–H and O–H groups in total. The zero-order valence-electron chi connectivity index (χ0n) is 18.1. The van der Waals surface area contributed by atoms with E-state index in [1.165, 1.54) is 13.4 Å². The molecule has 9 atom stereocenters. The van der Waals surface area contributed by atoms with Gasteiger partial charge in [-0.05, 0) is 12.0 Å². The Balaban J connectivity index is 1.85. The van der Waals surface area contributed by atoms with Crippen LogP contribution in [0.25, 0.3) is 0 Å². The molecular weight excluding hydrogens is 428 g/mol. The molecule has 11 nitrogen and oxygen atoms in total. The van der Waals surface area contributed by atoms with Crippen molar-refractivity contribution in [1.82, 2.24) is 0 Å². The van der Waals surface area contributed by atoms with Crippen molar-refractivity contribution in [3.8, 4) is 0 Å². The van der Waals surface area contributed by atoms with Gasteiger partial charge >= 0.3 is 5.97 Å². The van der Waals surface area contributed by atoms with Crippen LogP contribution in [-0.4, -0.2) is 102 Å². The zero-order valence-corrected chi connectivity index (χ0v) is 18.1. The number of aliphatic hydroxyl groups is 5. The van der Waals surface area contributed by atoms with E-state index in [9.17, 15) is 30.3 Å². The number of rotatable bonds is 9. The molecule has 1 saturated heterocycles. The predicted octanol–water partition coefficient (Wildman–Crippen LogP) is -1.43. The van der Waals surface area contributed by atoms with Crippen molar-refractivity contribution in [2.75, 3.05) is 26.9 Å². The first kappa shape index (κ1) is 25.1. The van der Waals surface area contributed by atoms with E-state index < -0.39 is 67.5 Å². The van der Waals surface area contributed by atoms with Gasteiger partial charge < -0.3 is 49.2 Å². The maximum atomic E-state index is 12.4. The molecule has 0 amide bonds. The van der Waals surface area contributed by atoms with Crippen molar-refractivity contribution in [1.29, 1.82) is 0 Å². The number of ether oxygens (including phenoxy) is 5. The summed E-state index contributed by atoms with van der Waals surface area (Å²) in [6.07, 6.45) is -4.37. The van der Waals surface area contributed by atoms with Gasteiger partial charge in [0.25, 0.3) is 0 Å². The highest BCUT2D eigenvalue weighted by Gasteiger charge is 2.52. The van der Waals surface area contributed by atoms with Gasteiger partial charge in [0.05, 0.1) is 44.2 Å². The van der Waals surface area contributed by atoms with Crippen LogP contribution in [0.2, 0.25) is 0 Å². The lowest BCUT2D eigenvalue weighted by atomic mass is 9.82. The fourth-order valence-electron chi connectivity index (χ4n) is 4.28. The summed E-state index contributed by atoms with van der Waals surface area (Å²) in [6.45, 7) is 1.52. The highest BCUT2D eigenvalue weighted by Crippen LogP contribution is 2.45. The van der Waals surface area contributed by atoms with E-state index in [1.54, 1.807) is 6.08 Å². The van der Waals surface area contributed by atoms with E-state index in [2.05, 4.69) is 0 Å². The van der Waals surface area contributed by atoms with Crippen LogP contribution in [0.1, 0.15) is 19.8 Å². The van der Waals surface area contributed by atoms with Gasteiger partial charge in [-0.15, -0.1) is 0 Å². The minimum absolute atomic E-state index is 0.215. The second-order valence-corrected chi connectivity index (χ2v) is 8.04. The van der Waals surface area contributed by atoms with Gasteiger partial charge in [0.1, 0.15) is 24.4 Å². The van der Waals surface area contributed by atoms with Crippen molar-refractivity contribution < 1.29 is 54.0 Å². The number of methoxy groups -OCH3 is 1. The SMILES string of the molecule is CCCCOC1C=C(CO)C2C(OC3OC(CO)C(O)C(O)C3O)OC=C(C(=O)OC)C12. The first-order valence-electron chi connectivity index (χ1n) is 10.7. The number of carbonyl (C=O) groups excluding carboxylic acids is 1. The topological polar surface area (TPSA) is 164 Å². The summed E-state index contributed by atoms with van der Waals surface area (Å²) in [4.78, 5) is 12.4. The molecule has 1 aliphatic carbocycles. The second kappa shape index (κ2) is 11.0. The Kier molecular flexibility index (Phi) is 8.64. The Morgan fingerprint density at radius 1 is 1.09 bits per heavy atom. The molecule has 0 aromatic rings. The first-order valence-corrected chi connectivity index (χ1v) is 10.7. The van der Waals surface area contributed by atoms with Crippen molar-refractivity contribution >= 4 is 5.97 Å². The van der Waals surface area contributed by atoms with Gasteiger partial charge in [0.2, 0.25) is 6.29 Å². The number of fused-ring (bicyclic) bond motifs is 1. The van der Waals surface area contributed by atoms with Gasteiger partial charge in [-0.1, -0.05) is 19.4 Å². The third kappa shape index (κ3) is 4.85. The lowest BCUT2D eigenvalue weighted by molar-refractivity contribution is -0.340. The summed E-state index contributed by atoms with van der Waals surface area (Å²) in [7, 11) is 1.25. The minimum atomic E-state index is -1.62. The monoisotopic (exact) mass is 460 g/mol. The Morgan fingerprint density at radius 3 is 2.47 bits per heavy atom. The van der Waals surface area contributed by atoms with Crippen molar-refractivity contribution in [2.24, 2.45) is 11.8 Å². The third-order valence-electron chi connectivity index (χ3n) is 6.06. The van der Waals surface area contributed by atoms with Crippen LogP contribution in [0.5, 0.6) is 0 Å². The Hall–Kier alpha value is -1.57. The second-order valence-electron chi connectivity index (χ2n) is 8.04. The van der Waals surface area contributed by atoms with Crippen LogP contribution in [0.4, 0.5) is 0 Å². The van der Waals surface area contributed by atoms with Crippen LogP contribution in [0.3, 0.4) is 0 Å². The van der Waals surface area contributed by atoms with Gasteiger partial charge in [-0.25, -0.2) is 4.79 Å². The van der Waals surface area contributed by atoms with E-state index in [0.29, 0.717) is 12.2 Å². The third-order valence-corrected chi connectivity index (χ3v) is 6.06. The number of aliphatic hydroxyl groups excluding tert-OH is 5. The number of unbranched alkanes of at least 4 members (excludes halogenated alkanes) is 1. The minimum Gasteiger partial charge on any atom is -0.471 e. The number of esters is 1. The van der Waals surface area contributed by atoms with Gasteiger partial charge in [-0.2, -0.15) is 0 Å². The molecule has 9 unspecified atom stereocenters. The van der Waals surface area contributed by atoms with Gasteiger partial charge in [0, 0.05) is 12.5 Å². The quantitative estimate of drug-likeness (QED) is 0.156. The molecule has 0 spiro atoms. The summed E-state index contributed by atoms with van der Waals surface area (Å²) in [5.41, 5.74) is 0.730. The Bertz CT molecular complexity index is 706. The van der Waals surface area contributed by atoms with Crippen molar-refractivity contribution in [2.45, 2.75) is 62.9 Å². The lowest BCUT2D eigenvalue weighted by Crippen LogP contribution is -2.60. The molecule has 2 heterocycles. The van der Waals surface area contributed by atoms with Crippen LogP contribution < -0.4 is 0 Å². The smallest absolute Gasteiger partial charge is 0.337 e. The van der Waals surface area contributed by atoms with Crippen LogP contribution in [-0.2, 0) is 28.5 Å². The first-order chi connectivity index (χ1) is 15.4. The van der Waals surface area contributed by atoms with Gasteiger partial charge in [0.15, 0.2) is 6.29 Å². The molecule has 0 aromatic heterocycles. The predicted molar refractivity (Wildman–Crippen MR) is 107 cm³/mol. The maximum absolute atomic E-state index is 12.4. The van der Waals surface area contributed by atoms with Crippen molar-refractivity contribution in [3.63, 3.8) is 0 Å². The molecule has 2 aliphatic heterocycles. The van der Waals surface area contributed by atoms with Crippen LogP contribution in [0.15, 0.2) is 23.5 Å². The highest BCUT2D eigenvalue weighted by atomic mass is 16.8. The normalized spacial score (nSPS) is 39.0. The van der Waals surface area contributed by atoms with Crippen molar-refractivity contribution in [3.05, 3.63) is 23.5 Å². The molecule has 0 radical (unpaired) electrons. The molecule has 0 saturated carbocycles. The summed E-state index contributed by atoms with van der Waals surface area (Å²) < 4.78 is 27.7. The van der Waals surface area contributed by atoms with Crippen LogP contribution >= 0.6 is 0 Å². The van der Waals surface area contributed by atoms with E-state index in [0.717, 1.165) is 12.8 Å². The van der Waals surface area contributed by atoms with E-state index in [1.807, 2.05) is 6.92 Å². The average Bonchev–Trinajstić information content (AvgIpc) is 3.18. The molecule has 1 fully saturated rings. The summed E-state index contributed by atoms with van der Waals surface area (Å²) in [5, 5.41) is 49.7. The molecule has 0 aromatic carbocycles. The lowest BCUT2D eigenvalue weighted by Gasteiger charge is -2.43. The Labute approximate surface area is 185 Å².